The van der Waals surface area contributed by atoms with Gasteiger partial charge < -0.3 is 29.2 Å². The highest BCUT2D eigenvalue weighted by Gasteiger charge is 2.62. The number of carbonyl (C=O) groups is 3. The standard InChI is InChI=1S/C31H37N6O10P/c1-4-24(38)44-27-26(22-13-14-23-29(33)34-18-35-37(22)23)46-31(16-32,28(27)45-25(39)5-2)17-43-48(41,47-21-9-7-6-8-10-21)36-19(3)30(40)42-15-20-11-12-20/h6-10,13-14,18-20,26-28H,4-5,11-12,15,17H2,1-3H3,(H,36,41)(H2,33,34,35)/t19-,26-,27-,28-,31+,48?/m0/s1. The number of nitrogens with two attached hydrogens (primary N) is 1. The first kappa shape index (κ1) is 34.8. The monoisotopic (exact) mass is 684 g/mol. The molecule has 3 aromatic rings. The minimum atomic E-state index is -4.51. The van der Waals surface area contributed by atoms with E-state index in [1.54, 1.807) is 44.2 Å². The molecule has 1 aliphatic heterocycles. The largest absolute Gasteiger partial charge is 0.464 e. The van der Waals surface area contributed by atoms with Gasteiger partial charge in [0.1, 0.15) is 42.4 Å². The van der Waals surface area contributed by atoms with E-state index in [4.69, 9.17) is 33.7 Å². The molecule has 3 heterocycles. The Morgan fingerprint density at radius 1 is 1.15 bits per heavy atom. The molecule has 1 unspecified atom stereocenters. The number of nitrogens with zero attached hydrogens (tertiary/aromatic N) is 4. The second-order valence-electron chi connectivity index (χ2n) is 11.4. The first-order valence-electron chi connectivity index (χ1n) is 15.5. The van der Waals surface area contributed by atoms with Crippen molar-refractivity contribution in [3.63, 3.8) is 0 Å². The molecule has 0 radical (unpaired) electrons. The number of anilines is 1. The number of carbonyl (C=O) groups excluding carboxylic acids is 3. The summed E-state index contributed by atoms with van der Waals surface area (Å²) in [6.45, 7) is 3.95. The molecule has 17 heteroatoms. The quantitative estimate of drug-likeness (QED) is 0.133. The third-order valence-electron chi connectivity index (χ3n) is 7.77. The summed E-state index contributed by atoms with van der Waals surface area (Å²) in [5.74, 6) is -1.52. The Morgan fingerprint density at radius 3 is 2.52 bits per heavy atom. The summed E-state index contributed by atoms with van der Waals surface area (Å²) in [6.07, 6.45) is -1.22. The van der Waals surface area contributed by atoms with Gasteiger partial charge in [0.05, 0.1) is 12.3 Å². The molecule has 0 spiro atoms. The lowest BCUT2D eigenvalue weighted by Gasteiger charge is -2.30. The molecular weight excluding hydrogens is 647 g/mol. The summed E-state index contributed by atoms with van der Waals surface area (Å²) in [6, 6.07) is 12.1. The smallest absolute Gasteiger partial charge is 0.459 e. The Morgan fingerprint density at radius 2 is 1.85 bits per heavy atom. The second kappa shape index (κ2) is 14.7. The van der Waals surface area contributed by atoms with E-state index >= 15 is 0 Å². The van der Waals surface area contributed by atoms with Crippen molar-refractivity contribution in [3.8, 4) is 11.8 Å². The first-order chi connectivity index (χ1) is 23.0. The minimum Gasteiger partial charge on any atom is -0.464 e. The lowest BCUT2D eigenvalue weighted by atomic mass is 9.95. The number of hydrogen-bond acceptors (Lipinski definition) is 14. The van der Waals surface area contributed by atoms with Crippen LogP contribution in [0.1, 0.15) is 58.3 Å². The predicted molar refractivity (Wildman–Crippen MR) is 167 cm³/mol. The van der Waals surface area contributed by atoms with Gasteiger partial charge >= 0.3 is 25.7 Å². The number of benzene rings is 1. The molecule has 256 valence electrons. The molecule has 48 heavy (non-hydrogen) atoms. The van der Waals surface area contributed by atoms with Crippen molar-refractivity contribution in [2.45, 2.75) is 76.4 Å². The number of esters is 3. The fourth-order valence-corrected chi connectivity index (χ4v) is 6.50. The summed E-state index contributed by atoms with van der Waals surface area (Å²) in [7, 11) is -4.51. The van der Waals surface area contributed by atoms with Gasteiger partial charge in [-0.2, -0.15) is 15.4 Å². The van der Waals surface area contributed by atoms with Crippen LogP contribution in [-0.2, 0) is 42.4 Å². The highest BCUT2D eigenvalue weighted by atomic mass is 31.2. The summed E-state index contributed by atoms with van der Waals surface area (Å²) in [5.41, 5.74) is 4.50. The third kappa shape index (κ3) is 7.77. The van der Waals surface area contributed by atoms with E-state index in [2.05, 4.69) is 15.2 Å². The number of nitrogen functional groups attached to an aromatic ring is 1. The molecular formula is C31H37N6O10P. The van der Waals surface area contributed by atoms with E-state index in [1.165, 1.54) is 29.9 Å². The van der Waals surface area contributed by atoms with Gasteiger partial charge in [0.2, 0.25) is 5.60 Å². The number of rotatable bonds is 15. The van der Waals surface area contributed by atoms with Crippen molar-refractivity contribution in [1.82, 2.24) is 19.7 Å². The van der Waals surface area contributed by atoms with E-state index < -0.39 is 62.2 Å². The van der Waals surface area contributed by atoms with Crippen molar-refractivity contribution < 1.29 is 46.9 Å². The van der Waals surface area contributed by atoms with Gasteiger partial charge in [0, 0.05) is 12.8 Å². The SMILES string of the molecule is CCC(=O)O[C@H]1[C@H](c2ccc3c(N)ncnn23)O[C@](C#N)(COP(=O)(N[C@@H](C)C(=O)OCC2CC2)Oc2ccccc2)[C@H]1OC(=O)CC. The number of nitrogens with one attached hydrogen (secondary N) is 1. The normalized spacial score (nSPS) is 23.8. The summed E-state index contributed by atoms with van der Waals surface area (Å²) in [5, 5.41) is 17.5. The Labute approximate surface area is 276 Å². The zero-order valence-corrected chi connectivity index (χ0v) is 27.5. The minimum absolute atomic E-state index is 0.0451. The van der Waals surface area contributed by atoms with Gasteiger partial charge in [-0.25, -0.2) is 14.1 Å². The summed E-state index contributed by atoms with van der Waals surface area (Å²) in [4.78, 5) is 42.2. The van der Waals surface area contributed by atoms with Crippen LogP contribution in [0.4, 0.5) is 5.82 Å². The third-order valence-corrected chi connectivity index (χ3v) is 9.39. The van der Waals surface area contributed by atoms with Gasteiger partial charge in [-0.05, 0) is 49.9 Å². The molecule has 3 N–H and O–H groups in total. The first-order valence-corrected chi connectivity index (χ1v) is 17.1. The maximum atomic E-state index is 14.3. The predicted octanol–water partition coefficient (Wildman–Crippen LogP) is 3.42. The number of para-hydroxylation sites is 1. The average molecular weight is 685 g/mol. The summed E-state index contributed by atoms with van der Waals surface area (Å²) >= 11 is 0. The van der Waals surface area contributed by atoms with Crippen LogP contribution in [-0.4, -0.2) is 69.6 Å². The van der Waals surface area contributed by atoms with Gasteiger partial charge in [0.15, 0.2) is 18.0 Å². The zero-order chi connectivity index (χ0) is 34.5. The number of fused-ring (bicyclic) bond motifs is 1. The molecule has 0 amide bonds. The topological polar surface area (TPSA) is 216 Å². The molecule has 5 rings (SSSR count). The Bertz CT molecular complexity index is 1730. The molecule has 6 atom stereocenters. The van der Waals surface area contributed by atoms with E-state index in [0.717, 1.165) is 12.8 Å². The second-order valence-corrected chi connectivity index (χ2v) is 13.1. The van der Waals surface area contributed by atoms with Crippen LogP contribution in [0.25, 0.3) is 5.52 Å². The van der Waals surface area contributed by atoms with Crippen molar-refractivity contribution in [1.29, 1.82) is 5.26 Å². The van der Waals surface area contributed by atoms with Gasteiger partial charge in [0.25, 0.3) is 0 Å². The van der Waals surface area contributed by atoms with E-state index in [0.29, 0.717) is 11.4 Å². The van der Waals surface area contributed by atoms with E-state index in [9.17, 15) is 24.2 Å². The van der Waals surface area contributed by atoms with E-state index in [1.807, 2.05) is 6.07 Å². The number of hydrogen-bond donors (Lipinski definition) is 2. The van der Waals surface area contributed by atoms with Gasteiger partial charge in [-0.15, -0.1) is 0 Å². The number of ether oxygens (including phenoxy) is 4. The van der Waals surface area contributed by atoms with Crippen LogP contribution in [0.3, 0.4) is 0 Å². The van der Waals surface area contributed by atoms with Crippen LogP contribution in [0, 0.1) is 17.2 Å². The lowest BCUT2D eigenvalue weighted by Crippen LogP contribution is -2.49. The molecule has 1 saturated carbocycles. The van der Waals surface area contributed by atoms with Crippen LogP contribution in [0.5, 0.6) is 5.75 Å². The highest BCUT2D eigenvalue weighted by Crippen LogP contribution is 2.50. The van der Waals surface area contributed by atoms with Gasteiger partial charge in [-0.1, -0.05) is 32.0 Å². The molecule has 1 aromatic carbocycles. The average Bonchev–Trinajstić information content (AvgIpc) is 3.74. The Hall–Kier alpha value is -4.55. The van der Waals surface area contributed by atoms with Crippen molar-refractivity contribution in [2.24, 2.45) is 5.92 Å². The maximum Gasteiger partial charge on any atom is 0.459 e. The lowest BCUT2D eigenvalue weighted by molar-refractivity contribution is -0.169. The fourth-order valence-electron chi connectivity index (χ4n) is 4.98. The molecule has 2 aliphatic rings. The van der Waals surface area contributed by atoms with Crippen molar-refractivity contribution in [2.75, 3.05) is 18.9 Å². The Kier molecular flexibility index (Phi) is 10.6. The van der Waals surface area contributed by atoms with Crippen LogP contribution in [0.2, 0.25) is 0 Å². The van der Waals surface area contributed by atoms with E-state index in [-0.39, 0.29) is 36.7 Å². The number of aromatic nitrogens is 3. The van der Waals surface area contributed by atoms with Crippen LogP contribution in [0.15, 0.2) is 48.8 Å². The highest BCUT2D eigenvalue weighted by molar-refractivity contribution is 7.52. The fraction of sp³-hybridized carbons (Fsp3) is 0.484. The molecule has 16 nitrogen and oxygen atoms in total. The van der Waals surface area contributed by atoms with Crippen molar-refractivity contribution in [3.05, 3.63) is 54.5 Å². The van der Waals surface area contributed by atoms with Crippen LogP contribution < -0.4 is 15.3 Å². The van der Waals surface area contributed by atoms with Crippen molar-refractivity contribution >= 4 is 37.0 Å². The molecule has 1 saturated heterocycles. The Balaban J connectivity index is 1.50. The molecule has 2 fully saturated rings. The summed E-state index contributed by atoms with van der Waals surface area (Å²) < 4.78 is 50.4. The van der Waals surface area contributed by atoms with Crippen LogP contribution >= 0.6 is 7.75 Å². The maximum absolute atomic E-state index is 14.3. The molecule has 1 aliphatic carbocycles. The number of nitriles is 1. The molecule has 0 bridgehead atoms. The molecule has 2 aromatic heterocycles. The van der Waals surface area contributed by atoms with Gasteiger partial charge in [-0.3, -0.25) is 18.9 Å². The zero-order valence-electron chi connectivity index (χ0n) is 26.6.